The Kier molecular flexibility index (Phi) is 6.59. The van der Waals surface area contributed by atoms with Gasteiger partial charge in [0.2, 0.25) is 0 Å². The highest BCUT2D eigenvalue weighted by Gasteiger charge is 2.19. The smallest absolute Gasteiger partial charge is 0.264 e. The van der Waals surface area contributed by atoms with Gasteiger partial charge in [0, 0.05) is 6.20 Å². The number of benzene rings is 3. The molecule has 3 aromatic carbocycles. The molecule has 148 valence electrons. The highest BCUT2D eigenvalue weighted by Crippen LogP contribution is 2.22. The van der Waals surface area contributed by atoms with Crippen LogP contribution in [0.5, 0.6) is 0 Å². The Morgan fingerprint density at radius 2 is 1.40 bits per heavy atom. The van der Waals surface area contributed by atoms with Crippen LogP contribution in [0.15, 0.2) is 96.7 Å². The van der Waals surface area contributed by atoms with E-state index >= 15 is 0 Å². The average Bonchev–Trinajstić information content (AvgIpc) is 2.79. The highest BCUT2D eigenvalue weighted by molar-refractivity contribution is 6.00. The van der Waals surface area contributed by atoms with E-state index in [0.717, 1.165) is 11.1 Å². The van der Waals surface area contributed by atoms with E-state index in [-0.39, 0.29) is 11.1 Å². The van der Waals surface area contributed by atoms with Gasteiger partial charge in [-0.1, -0.05) is 72.8 Å². The van der Waals surface area contributed by atoms with E-state index in [4.69, 9.17) is 5.73 Å². The summed E-state index contributed by atoms with van der Waals surface area (Å²) in [5.41, 5.74) is 7.68. The van der Waals surface area contributed by atoms with Crippen LogP contribution in [0.3, 0.4) is 0 Å². The average molecular weight is 396 g/mol. The third kappa shape index (κ3) is 4.91. The van der Waals surface area contributed by atoms with Crippen molar-refractivity contribution < 1.29 is 9.59 Å². The molecule has 0 aromatic heterocycles. The fourth-order valence-electron chi connectivity index (χ4n) is 2.98. The van der Waals surface area contributed by atoms with E-state index in [9.17, 15) is 14.9 Å². The number of carbonyl (C=O) groups is 2. The quantitative estimate of drug-likeness (QED) is 0.419. The summed E-state index contributed by atoms with van der Waals surface area (Å²) in [4.78, 5) is 24.4. The van der Waals surface area contributed by atoms with Crippen molar-refractivity contribution >= 4 is 17.5 Å². The van der Waals surface area contributed by atoms with Gasteiger partial charge in [-0.3, -0.25) is 9.59 Å². The maximum Gasteiger partial charge on any atom is 0.264 e. The number of hydrogen-bond donors (Lipinski definition) is 3. The van der Waals surface area contributed by atoms with Crippen LogP contribution in [0, 0.1) is 11.3 Å². The van der Waals surface area contributed by atoms with E-state index in [1.807, 2.05) is 66.7 Å². The molecule has 6 nitrogen and oxygen atoms in total. The van der Waals surface area contributed by atoms with E-state index in [1.165, 1.54) is 6.20 Å². The molecular formula is C24H20N4O2. The zero-order valence-corrected chi connectivity index (χ0v) is 16.1. The summed E-state index contributed by atoms with van der Waals surface area (Å²) >= 11 is 0. The first-order valence-corrected chi connectivity index (χ1v) is 9.26. The first kappa shape index (κ1) is 20.4. The summed E-state index contributed by atoms with van der Waals surface area (Å²) in [5, 5.41) is 15.2. The Hall–Kier alpha value is -4.37. The predicted octanol–water partition coefficient (Wildman–Crippen LogP) is 3.51. The molecule has 0 unspecified atom stereocenters. The second-order valence-corrected chi connectivity index (χ2v) is 6.45. The molecule has 3 aromatic rings. The van der Waals surface area contributed by atoms with Crippen LogP contribution in [-0.2, 0) is 4.79 Å². The van der Waals surface area contributed by atoms with Crippen molar-refractivity contribution in [2.45, 2.75) is 6.04 Å². The van der Waals surface area contributed by atoms with E-state index in [1.54, 1.807) is 24.3 Å². The minimum Gasteiger partial charge on any atom is -0.366 e. The summed E-state index contributed by atoms with van der Waals surface area (Å²) in [5.74, 6) is -1.15. The van der Waals surface area contributed by atoms with Crippen LogP contribution in [-0.4, -0.2) is 11.8 Å². The number of amides is 2. The number of anilines is 1. The molecule has 30 heavy (non-hydrogen) atoms. The Balaban J connectivity index is 1.85. The zero-order chi connectivity index (χ0) is 21.3. The largest absolute Gasteiger partial charge is 0.366 e. The van der Waals surface area contributed by atoms with Crippen LogP contribution in [0.25, 0.3) is 0 Å². The number of nitrogens with one attached hydrogen (secondary N) is 2. The third-order valence-electron chi connectivity index (χ3n) is 4.47. The first-order valence-electron chi connectivity index (χ1n) is 9.26. The van der Waals surface area contributed by atoms with Gasteiger partial charge < -0.3 is 16.4 Å². The zero-order valence-electron chi connectivity index (χ0n) is 16.1. The molecule has 0 atom stereocenters. The highest BCUT2D eigenvalue weighted by atomic mass is 16.2. The summed E-state index contributed by atoms with van der Waals surface area (Å²) in [6, 6.07) is 27.1. The number of hydrogen-bond acceptors (Lipinski definition) is 4. The molecule has 3 rings (SSSR count). The molecular weight excluding hydrogens is 376 g/mol. The Labute approximate surface area is 174 Å². The van der Waals surface area contributed by atoms with Gasteiger partial charge in [-0.25, -0.2) is 0 Å². The normalized spacial score (nSPS) is 10.9. The van der Waals surface area contributed by atoms with Crippen molar-refractivity contribution in [1.82, 2.24) is 5.32 Å². The van der Waals surface area contributed by atoms with Crippen molar-refractivity contribution in [2.75, 3.05) is 5.32 Å². The van der Waals surface area contributed by atoms with Crippen molar-refractivity contribution in [3.8, 4) is 6.07 Å². The second kappa shape index (κ2) is 9.71. The lowest BCUT2D eigenvalue weighted by molar-refractivity contribution is -0.117. The minimum absolute atomic E-state index is 0.133. The van der Waals surface area contributed by atoms with Crippen molar-refractivity contribution in [3.05, 3.63) is 113 Å². The van der Waals surface area contributed by atoms with E-state index < -0.39 is 17.9 Å². The lowest BCUT2D eigenvalue weighted by Gasteiger charge is -2.19. The lowest BCUT2D eigenvalue weighted by Crippen LogP contribution is -2.30. The SMILES string of the molecule is N#C/C(=C/Nc1ccccc1C(N)=O)C(=O)NC(c1ccccc1)c1ccccc1. The molecule has 2 amide bonds. The number of nitrogens with zero attached hydrogens (tertiary/aromatic N) is 1. The number of para-hydroxylation sites is 1. The molecule has 4 N–H and O–H groups in total. The van der Waals surface area contributed by atoms with Gasteiger partial charge in [-0.2, -0.15) is 5.26 Å². The van der Waals surface area contributed by atoms with Crippen LogP contribution in [0.2, 0.25) is 0 Å². The van der Waals surface area contributed by atoms with Gasteiger partial charge in [0.15, 0.2) is 0 Å². The molecule has 0 fully saturated rings. The van der Waals surface area contributed by atoms with Crippen LogP contribution in [0.1, 0.15) is 27.5 Å². The lowest BCUT2D eigenvalue weighted by atomic mass is 9.98. The van der Waals surface area contributed by atoms with Crippen molar-refractivity contribution in [2.24, 2.45) is 5.73 Å². The molecule has 0 aliphatic carbocycles. The van der Waals surface area contributed by atoms with Crippen molar-refractivity contribution in [3.63, 3.8) is 0 Å². The Morgan fingerprint density at radius 3 is 1.93 bits per heavy atom. The number of nitriles is 1. The number of primary amides is 1. The summed E-state index contributed by atoms with van der Waals surface area (Å²) < 4.78 is 0. The van der Waals surface area contributed by atoms with Crippen LogP contribution < -0.4 is 16.4 Å². The van der Waals surface area contributed by atoms with Crippen LogP contribution in [0.4, 0.5) is 5.69 Å². The molecule has 0 heterocycles. The van der Waals surface area contributed by atoms with Gasteiger partial charge in [0.25, 0.3) is 11.8 Å². The summed E-state index contributed by atoms with van der Waals surface area (Å²) in [6.45, 7) is 0. The van der Waals surface area contributed by atoms with Gasteiger partial charge >= 0.3 is 0 Å². The van der Waals surface area contributed by atoms with E-state index in [0.29, 0.717) is 5.69 Å². The van der Waals surface area contributed by atoms with Gasteiger partial charge in [0.1, 0.15) is 11.6 Å². The topological polar surface area (TPSA) is 108 Å². The number of nitrogens with two attached hydrogens (primary N) is 1. The van der Waals surface area contributed by atoms with E-state index in [2.05, 4.69) is 10.6 Å². The maximum atomic E-state index is 12.8. The Bertz CT molecular complexity index is 1060. The second-order valence-electron chi connectivity index (χ2n) is 6.45. The van der Waals surface area contributed by atoms with Gasteiger partial charge in [-0.15, -0.1) is 0 Å². The molecule has 6 heteroatoms. The minimum atomic E-state index is -0.609. The standard InChI is InChI=1S/C24H20N4O2/c25-15-19(16-27-21-14-8-7-13-20(21)23(26)29)24(30)28-22(17-9-3-1-4-10-17)18-11-5-2-6-12-18/h1-14,16,22,27H,(H2,26,29)(H,28,30)/b19-16-. The summed E-state index contributed by atoms with van der Waals surface area (Å²) in [7, 11) is 0. The number of rotatable bonds is 7. The first-order chi connectivity index (χ1) is 14.6. The third-order valence-corrected chi connectivity index (χ3v) is 4.47. The maximum absolute atomic E-state index is 12.8. The van der Waals surface area contributed by atoms with Gasteiger partial charge in [-0.05, 0) is 23.3 Å². The summed E-state index contributed by atoms with van der Waals surface area (Å²) in [6.07, 6.45) is 1.27. The predicted molar refractivity (Wildman–Crippen MR) is 115 cm³/mol. The van der Waals surface area contributed by atoms with Crippen LogP contribution >= 0.6 is 0 Å². The van der Waals surface area contributed by atoms with Gasteiger partial charge in [0.05, 0.1) is 17.3 Å². The Morgan fingerprint density at radius 1 is 0.867 bits per heavy atom. The molecule has 0 aliphatic heterocycles. The monoisotopic (exact) mass is 396 g/mol. The number of carbonyl (C=O) groups excluding carboxylic acids is 2. The van der Waals surface area contributed by atoms with Crippen molar-refractivity contribution in [1.29, 1.82) is 5.26 Å². The molecule has 0 spiro atoms. The molecule has 0 saturated carbocycles. The fraction of sp³-hybridized carbons (Fsp3) is 0.0417. The molecule has 0 radical (unpaired) electrons. The molecule has 0 bridgehead atoms. The fourth-order valence-corrected chi connectivity index (χ4v) is 2.98. The molecule has 0 aliphatic rings. The molecule has 0 saturated heterocycles.